The standard InChI is InChI=1S/C20H15NO2/c22-19(17-7-3-1-4-8-17)13-11-16-12-14-20(21-15-16)23-18-9-5-2-6-10-18/h1-15H/b13-11+. The monoisotopic (exact) mass is 301 g/mol. The molecule has 0 radical (unpaired) electrons. The Morgan fingerprint density at radius 3 is 2.22 bits per heavy atom. The summed E-state index contributed by atoms with van der Waals surface area (Å²) in [4.78, 5) is 16.2. The molecule has 0 aliphatic carbocycles. The highest BCUT2D eigenvalue weighted by Crippen LogP contribution is 2.18. The van der Waals surface area contributed by atoms with Gasteiger partial charge >= 0.3 is 0 Å². The highest BCUT2D eigenvalue weighted by atomic mass is 16.5. The number of ketones is 1. The van der Waals surface area contributed by atoms with Crippen LogP contribution in [0.3, 0.4) is 0 Å². The van der Waals surface area contributed by atoms with Crippen molar-refractivity contribution in [2.24, 2.45) is 0 Å². The van der Waals surface area contributed by atoms with Crippen molar-refractivity contribution >= 4 is 11.9 Å². The lowest BCUT2D eigenvalue weighted by Gasteiger charge is -2.04. The maximum atomic E-state index is 12.0. The first-order valence-corrected chi connectivity index (χ1v) is 7.28. The Hall–Kier alpha value is -3.20. The maximum Gasteiger partial charge on any atom is 0.219 e. The molecule has 0 N–H and O–H groups in total. The number of carbonyl (C=O) groups is 1. The molecule has 0 saturated carbocycles. The van der Waals surface area contributed by atoms with E-state index in [-0.39, 0.29) is 5.78 Å². The van der Waals surface area contributed by atoms with Crippen LogP contribution in [0, 0.1) is 0 Å². The molecule has 0 atom stereocenters. The molecule has 0 saturated heterocycles. The number of aromatic nitrogens is 1. The van der Waals surface area contributed by atoms with Crippen molar-refractivity contribution in [1.29, 1.82) is 0 Å². The Morgan fingerprint density at radius 1 is 0.870 bits per heavy atom. The average molecular weight is 301 g/mol. The first kappa shape index (κ1) is 14.7. The quantitative estimate of drug-likeness (QED) is 0.503. The highest BCUT2D eigenvalue weighted by molar-refractivity contribution is 6.06. The zero-order valence-electron chi connectivity index (χ0n) is 12.4. The van der Waals surface area contributed by atoms with E-state index in [0.29, 0.717) is 11.4 Å². The van der Waals surface area contributed by atoms with Crippen LogP contribution < -0.4 is 4.74 Å². The summed E-state index contributed by atoms with van der Waals surface area (Å²) >= 11 is 0. The third-order valence-electron chi connectivity index (χ3n) is 3.21. The van der Waals surface area contributed by atoms with E-state index in [9.17, 15) is 4.79 Å². The number of nitrogens with zero attached hydrogens (tertiary/aromatic N) is 1. The van der Waals surface area contributed by atoms with Crippen LogP contribution in [0.2, 0.25) is 0 Å². The Kier molecular flexibility index (Phi) is 4.60. The van der Waals surface area contributed by atoms with Crippen LogP contribution in [0.1, 0.15) is 15.9 Å². The second-order valence-corrected chi connectivity index (χ2v) is 4.91. The summed E-state index contributed by atoms with van der Waals surface area (Å²) in [5.41, 5.74) is 1.51. The molecule has 3 heteroatoms. The van der Waals surface area contributed by atoms with Crippen LogP contribution >= 0.6 is 0 Å². The zero-order valence-corrected chi connectivity index (χ0v) is 12.4. The molecular weight excluding hydrogens is 286 g/mol. The van der Waals surface area contributed by atoms with E-state index < -0.39 is 0 Å². The summed E-state index contributed by atoms with van der Waals surface area (Å²) < 4.78 is 5.63. The second kappa shape index (κ2) is 7.18. The summed E-state index contributed by atoms with van der Waals surface area (Å²) in [6, 6.07) is 22.3. The number of ether oxygens (including phenoxy) is 1. The molecule has 0 spiro atoms. The van der Waals surface area contributed by atoms with E-state index in [2.05, 4.69) is 4.98 Å². The van der Waals surface area contributed by atoms with Gasteiger partial charge < -0.3 is 4.74 Å². The predicted molar refractivity (Wildman–Crippen MR) is 90.6 cm³/mol. The van der Waals surface area contributed by atoms with Crippen molar-refractivity contribution < 1.29 is 9.53 Å². The summed E-state index contributed by atoms with van der Waals surface area (Å²) in [6.45, 7) is 0. The molecule has 0 aliphatic heterocycles. The highest BCUT2D eigenvalue weighted by Gasteiger charge is 2.00. The van der Waals surface area contributed by atoms with Gasteiger partial charge in [0.25, 0.3) is 0 Å². The van der Waals surface area contributed by atoms with Crippen LogP contribution in [-0.4, -0.2) is 10.8 Å². The number of pyridine rings is 1. The van der Waals surface area contributed by atoms with Crippen LogP contribution in [0.15, 0.2) is 85.1 Å². The lowest BCUT2D eigenvalue weighted by atomic mass is 10.1. The summed E-state index contributed by atoms with van der Waals surface area (Å²) in [7, 11) is 0. The summed E-state index contributed by atoms with van der Waals surface area (Å²) in [5.74, 6) is 1.22. The topological polar surface area (TPSA) is 39.2 Å². The van der Waals surface area contributed by atoms with Crippen molar-refractivity contribution in [2.75, 3.05) is 0 Å². The molecule has 23 heavy (non-hydrogen) atoms. The van der Waals surface area contributed by atoms with E-state index in [4.69, 9.17) is 4.74 Å². The Labute approximate surface area is 134 Å². The Bertz CT molecular complexity index is 794. The Morgan fingerprint density at radius 2 is 1.57 bits per heavy atom. The van der Waals surface area contributed by atoms with Gasteiger partial charge in [0.1, 0.15) is 5.75 Å². The van der Waals surface area contributed by atoms with E-state index in [0.717, 1.165) is 11.3 Å². The molecule has 0 fully saturated rings. The molecule has 0 bridgehead atoms. The first-order chi connectivity index (χ1) is 11.3. The minimum atomic E-state index is -0.0322. The molecule has 1 heterocycles. The molecule has 2 aromatic carbocycles. The lowest BCUT2D eigenvalue weighted by Crippen LogP contribution is -1.93. The van der Waals surface area contributed by atoms with Crippen molar-refractivity contribution in [3.63, 3.8) is 0 Å². The van der Waals surface area contributed by atoms with Gasteiger partial charge in [-0.15, -0.1) is 0 Å². The lowest BCUT2D eigenvalue weighted by molar-refractivity contribution is 0.104. The number of hydrogen-bond donors (Lipinski definition) is 0. The van der Waals surface area contributed by atoms with Gasteiger partial charge in [0.15, 0.2) is 5.78 Å². The smallest absolute Gasteiger partial charge is 0.219 e. The summed E-state index contributed by atoms with van der Waals surface area (Å²) in [5, 5.41) is 0. The molecule has 3 nitrogen and oxygen atoms in total. The molecule has 112 valence electrons. The van der Waals surface area contributed by atoms with Gasteiger partial charge in [-0.05, 0) is 35.9 Å². The summed E-state index contributed by atoms with van der Waals surface area (Å²) in [6.07, 6.45) is 4.96. The van der Waals surface area contributed by atoms with Gasteiger partial charge in [0.2, 0.25) is 5.88 Å². The number of benzene rings is 2. The molecule has 0 unspecified atom stereocenters. The number of para-hydroxylation sites is 1. The van der Waals surface area contributed by atoms with Crippen molar-refractivity contribution in [1.82, 2.24) is 4.98 Å². The number of hydrogen-bond acceptors (Lipinski definition) is 3. The fourth-order valence-corrected chi connectivity index (χ4v) is 2.03. The predicted octanol–water partition coefficient (Wildman–Crippen LogP) is 4.77. The molecule has 0 aliphatic rings. The largest absolute Gasteiger partial charge is 0.439 e. The van der Waals surface area contributed by atoms with Crippen LogP contribution in [0.25, 0.3) is 6.08 Å². The third kappa shape index (κ3) is 4.14. The average Bonchev–Trinajstić information content (AvgIpc) is 2.62. The van der Waals surface area contributed by atoms with Crippen molar-refractivity contribution in [2.45, 2.75) is 0 Å². The fourth-order valence-electron chi connectivity index (χ4n) is 2.03. The number of rotatable bonds is 5. The van der Waals surface area contributed by atoms with E-state index in [1.807, 2.05) is 54.6 Å². The SMILES string of the molecule is O=C(/C=C/c1ccc(Oc2ccccc2)nc1)c1ccccc1. The van der Waals surface area contributed by atoms with Crippen LogP contribution in [-0.2, 0) is 0 Å². The zero-order chi connectivity index (χ0) is 15.9. The van der Waals surface area contributed by atoms with Crippen molar-refractivity contribution in [3.05, 3.63) is 96.2 Å². The third-order valence-corrected chi connectivity index (χ3v) is 3.21. The van der Waals surface area contributed by atoms with E-state index in [1.165, 1.54) is 0 Å². The number of allylic oxidation sites excluding steroid dienone is 1. The van der Waals surface area contributed by atoms with Gasteiger partial charge in [-0.1, -0.05) is 48.5 Å². The van der Waals surface area contributed by atoms with Gasteiger partial charge in [0, 0.05) is 17.8 Å². The Balaban J connectivity index is 1.65. The maximum absolute atomic E-state index is 12.0. The van der Waals surface area contributed by atoms with Crippen LogP contribution in [0.5, 0.6) is 11.6 Å². The van der Waals surface area contributed by atoms with Crippen LogP contribution in [0.4, 0.5) is 0 Å². The molecular formula is C20H15NO2. The second-order valence-electron chi connectivity index (χ2n) is 4.91. The van der Waals surface area contributed by atoms with E-state index >= 15 is 0 Å². The van der Waals surface area contributed by atoms with Gasteiger partial charge in [-0.25, -0.2) is 4.98 Å². The van der Waals surface area contributed by atoms with Gasteiger partial charge in [-0.3, -0.25) is 4.79 Å². The normalized spacial score (nSPS) is 10.6. The minimum Gasteiger partial charge on any atom is -0.439 e. The van der Waals surface area contributed by atoms with Crippen molar-refractivity contribution in [3.8, 4) is 11.6 Å². The van der Waals surface area contributed by atoms with Gasteiger partial charge in [0.05, 0.1) is 0 Å². The fraction of sp³-hybridized carbons (Fsp3) is 0. The van der Waals surface area contributed by atoms with Gasteiger partial charge in [-0.2, -0.15) is 0 Å². The molecule has 1 aromatic heterocycles. The first-order valence-electron chi connectivity index (χ1n) is 7.28. The molecule has 0 amide bonds. The number of carbonyl (C=O) groups excluding carboxylic acids is 1. The van der Waals surface area contributed by atoms with E-state index in [1.54, 1.807) is 36.5 Å². The minimum absolute atomic E-state index is 0.0322. The molecule has 3 aromatic rings. The molecule has 3 rings (SSSR count).